The van der Waals surface area contributed by atoms with Crippen LogP contribution < -0.4 is 24.4 Å². The van der Waals surface area contributed by atoms with E-state index < -0.39 is 28.0 Å². The molecule has 0 saturated carbocycles. The Bertz CT molecular complexity index is 1350. The number of amides is 3. The minimum Gasteiger partial charge on any atom is -0.454 e. The summed E-state index contributed by atoms with van der Waals surface area (Å²) in [6, 6.07) is 18.0. The van der Waals surface area contributed by atoms with Gasteiger partial charge >= 0.3 is 6.03 Å². The fourth-order valence-electron chi connectivity index (χ4n) is 3.51. The number of sulfonamides is 1. The van der Waals surface area contributed by atoms with E-state index in [9.17, 15) is 18.0 Å². The quantitative estimate of drug-likeness (QED) is 0.458. The number of anilines is 1. The summed E-state index contributed by atoms with van der Waals surface area (Å²) in [7, 11) is -2.59. The van der Waals surface area contributed by atoms with E-state index in [-0.39, 0.29) is 18.1 Å². The average molecular weight is 560 g/mol. The van der Waals surface area contributed by atoms with E-state index in [0.717, 1.165) is 5.56 Å². The van der Waals surface area contributed by atoms with Gasteiger partial charge in [0.25, 0.3) is 10.0 Å². The normalized spacial score (nSPS) is 13.1. The minimum absolute atomic E-state index is 0.0922. The number of carbonyl (C=O) groups excluding carboxylic acids is 2. The number of rotatable bonds is 7. The Kier molecular flexibility index (Phi) is 7.27. The van der Waals surface area contributed by atoms with E-state index in [2.05, 4.69) is 21.2 Å². The lowest BCUT2D eigenvalue weighted by molar-refractivity contribution is -0.120. The van der Waals surface area contributed by atoms with E-state index in [0.29, 0.717) is 21.7 Å². The van der Waals surface area contributed by atoms with Gasteiger partial charge < -0.3 is 19.7 Å². The molecule has 3 aromatic rings. The number of hydrogen-bond acceptors (Lipinski definition) is 6. The van der Waals surface area contributed by atoms with Crippen molar-refractivity contribution in [3.8, 4) is 11.5 Å². The molecular formula is C24H22BrN3O6S. The molecule has 0 aliphatic carbocycles. The highest BCUT2D eigenvalue weighted by Crippen LogP contribution is 2.35. The van der Waals surface area contributed by atoms with Crippen molar-refractivity contribution in [1.29, 1.82) is 0 Å². The van der Waals surface area contributed by atoms with Gasteiger partial charge in [0.05, 0.1) is 4.90 Å². The summed E-state index contributed by atoms with van der Waals surface area (Å²) in [4.78, 5) is 27.4. The summed E-state index contributed by atoms with van der Waals surface area (Å²) in [6.07, 6.45) is 0.152. The molecule has 0 aromatic heterocycles. The minimum atomic E-state index is -4.15. The Morgan fingerprint density at radius 2 is 1.74 bits per heavy atom. The van der Waals surface area contributed by atoms with Crippen LogP contribution in [0.1, 0.15) is 5.56 Å². The van der Waals surface area contributed by atoms with Crippen LogP contribution in [0.15, 0.2) is 82.2 Å². The molecule has 11 heteroatoms. The second-order valence-electron chi connectivity index (χ2n) is 7.71. The first-order valence-electron chi connectivity index (χ1n) is 10.5. The number of halogens is 1. The number of fused-ring (bicyclic) bond motifs is 1. The molecule has 1 heterocycles. The summed E-state index contributed by atoms with van der Waals surface area (Å²) in [5.41, 5.74) is 1.32. The van der Waals surface area contributed by atoms with E-state index in [1.54, 1.807) is 37.4 Å². The highest BCUT2D eigenvalue weighted by Gasteiger charge is 2.28. The van der Waals surface area contributed by atoms with Gasteiger partial charge in [-0.15, -0.1) is 0 Å². The van der Waals surface area contributed by atoms with Crippen LogP contribution in [0.5, 0.6) is 11.5 Å². The van der Waals surface area contributed by atoms with Crippen LogP contribution >= 0.6 is 15.9 Å². The predicted octanol–water partition coefficient (Wildman–Crippen LogP) is 3.44. The van der Waals surface area contributed by atoms with Crippen LogP contribution in [0.25, 0.3) is 0 Å². The van der Waals surface area contributed by atoms with Crippen LogP contribution in [-0.2, 0) is 21.2 Å². The maximum atomic E-state index is 13.4. The molecule has 1 aliphatic heterocycles. The first-order valence-corrected chi connectivity index (χ1v) is 12.8. The fourth-order valence-corrected chi connectivity index (χ4v) is 5.02. The van der Waals surface area contributed by atoms with Crippen LogP contribution in [-0.4, -0.2) is 40.2 Å². The molecule has 3 aromatic carbocycles. The largest absolute Gasteiger partial charge is 0.454 e. The lowest BCUT2D eigenvalue weighted by Crippen LogP contribution is -2.52. The van der Waals surface area contributed by atoms with Gasteiger partial charge in [-0.25, -0.2) is 17.9 Å². The van der Waals surface area contributed by atoms with Gasteiger partial charge in [0, 0.05) is 29.7 Å². The zero-order valence-corrected chi connectivity index (χ0v) is 21.0. The second-order valence-corrected chi connectivity index (χ2v) is 10.3. The molecule has 0 radical (unpaired) electrons. The number of hydrogen-bond donors (Lipinski definition) is 2. The lowest BCUT2D eigenvalue weighted by atomic mass is 10.0. The molecule has 35 heavy (non-hydrogen) atoms. The number of nitrogens with zero attached hydrogens (tertiary/aromatic N) is 1. The van der Waals surface area contributed by atoms with E-state index >= 15 is 0 Å². The van der Waals surface area contributed by atoms with Crippen molar-refractivity contribution in [3.63, 3.8) is 0 Å². The van der Waals surface area contributed by atoms with Crippen LogP contribution in [0, 0.1) is 0 Å². The number of nitrogens with one attached hydrogen (secondary N) is 2. The van der Waals surface area contributed by atoms with Crippen molar-refractivity contribution in [3.05, 3.63) is 82.8 Å². The van der Waals surface area contributed by atoms with E-state index in [1.165, 1.54) is 17.0 Å². The van der Waals surface area contributed by atoms with Crippen molar-refractivity contribution in [1.82, 2.24) is 10.0 Å². The smallest absolute Gasteiger partial charge is 0.329 e. The first-order chi connectivity index (χ1) is 16.7. The Labute approximate surface area is 211 Å². The average Bonchev–Trinajstić information content (AvgIpc) is 3.31. The molecule has 1 atom stereocenters. The topological polar surface area (TPSA) is 114 Å². The zero-order valence-electron chi connectivity index (χ0n) is 18.6. The second kappa shape index (κ2) is 10.4. The van der Waals surface area contributed by atoms with Crippen molar-refractivity contribution in [2.75, 3.05) is 18.7 Å². The van der Waals surface area contributed by atoms with Gasteiger partial charge in [-0.05, 0) is 35.9 Å². The SMILES string of the molecule is CN(C(=O)[C@H](Cc1ccccc1)NC(=O)NS(=O)(=O)c1cccc(Br)c1)c1ccc2c(c1)OCO2. The van der Waals surface area contributed by atoms with Crippen molar-refractivity contribution in [2.24, 2.45) is 0 Å². The van der Waals surface area contributed by atoms with Gasteiger partial charge in [0.15, 0.2) is 11.5 Å². The molecule has 0 unspecified atom stereocenters. The Morgan fingerprint density at radius 1 is 1.00 bits per heavy atom. The van der Waals surface area contributed by atoms with Crippen molar-refractivity contribution < 1.29 is 27.5 Å². The molecule has 9 nitrogen and oxygen atoms in total. The van der Waals surface area contributed by atoms with Gasteiger partial charge in [-0.2, -0.15) is 0 Å². The van der Waals surface area contributed by atoms with E-state index in [4.69, 9.17) is 9.47 Å². The highest BCUT2D eigenvalue weighted by atomic mass is 79.9. The fraction of sp³-hybridized carbons (Fsp3) is 0.167. The maximum absolute atomic E-state index is 13.4. The Balaban J connectivity index is 1.54. The van der Waals surface area contributed by atoms with E-state index in [1.807, 2.05) is 35.1 Å². The number of likely N-dealkylation sites (N-methyl/N-ethyl adjacent to an activating group) is 1. The van der Waals surface area contributed by atoms with Crippen LogP contribution in [0.4, 0.5) is 10.5 Å². The van der Waals surface area contributed by atoms with Crippen molar-refractivity contribution in [2.45, 2.75) is 17.4 Å². The zero-order chi connectivity index (χ0) is 25.0. The summed E-state index contributed by atoms with van der Waals surface area (Å²) >= 11 is 3.21. The summed E-state index contributed by atoms with van der Waals surface area (Å²) in [5.74, 6) is 0.640. The van der Waals surface area contributed by atoms with Gasteiger partial charge in [-0.3, -0.25) is 4.79 Å². The summed E-state index contributed by atoms with van der Waals surface area (Å²) in [5, 5.41) is 2.52. The molecule has 0 saturated heterocycles. The molecule has 0 spiro atoms. The number of benzene rings is 3. The van der Waals surface area contributed by atoms with Gasteiger partial charge in [-0.1, -0.05) is 52.3 Å². The third-order valence-electron chi connectivity index (χ3n) is 5.29. The maximum Gasteiger partial charge on any atom is 0.329 e. The standard InChI is InChI=1S/C24H22BrN3O6S/c1-28(18-10-11-21-22(14-18)34-15-33-21)23(29)20(12-16-6-3-2-4-7-16)26-24(30)27-35(31,32)19-9-5-8-17(25)13-19/h2-11,13-14,20H,12,15H2,1H3,(H2,26,27,30)/t20-/m0/s1. The van der Waals surface area contributed by atoms with Crippen molar-refractivity contribution >= 4 is 43.6 Å². The molecule has 0 bridgehead atoms. The Hall–Kier alpha value is -3.57. The molecule has 3 amide bonds. The summed E-state index contributed by atoms with van der Waals surface area (Å²) in [6.45, 7) is 0.0985. The molecule has 182 valence electrons. The third-order valence-corrected chi connectivity index (χ3v) is 7.12. The highest BCUT2D eigenvalue weighted by molar-refractivity contribution is 9.10. The molecule has 2 N–H and O–H groups in total. The molecule has 4 rings (SSSR count). The molecule has 1 aliphatic rings. The van der Waals surface area contributed by atoms with Crippen LogP contribution in [0.2, 0.25) is 0 Å². The number of carbonyl (C=O) groups is 2. The Morgan fingerprint density at radius 3 is 2.49 bits per heavy atom. The number of ether oxygens (including phenoxy) is 2. The third kappa shape index (κ3) is 5.92. The first kappa shape index (κ1) is 24.6. The van der Waals surface area contributed by atoms with Gasteiger partial charge in [0.1, 0.15) is 6.04 Å². The predicted molar refractivity (Wildman–Crippen MR) is 133 cm³/mol. The monoisotopic (exact) mass is 559 g/mol. The van der Waals surface area contributed by atoms with Crippen LogP contribution in [0.3, 0.4) is 0 Å². The molecular weight excluding hydrogens is 538 g/mol. The lowest BCUT2D eigenvalue weighted by Gasteiger charge is -2.25. The molecule has 0 fully saturated rings. The van der Waals surface area contributed by atoms with Gasteiger partial charge in [0.2, 0.25) is 12.7 Å². The summed E-state index contributed by atoms with van der Waals surface area (Å²) < 4.78 is 38.5. The number of urea groups is 1.